The lowest BCUT2D eigenvalue weighted by Crippen LogP contribution is -2.02. The van der Waals surface area contributed by atoms with Gasteiger partial charge in [-0.2, -0.15) is 8.42 Å². The van der Waals surface area contributed by atoms with Crippen molar-refractivity contribution in [1.82, 2.24) is 15.0 Å². The SMILES string of the molecule is CS(=O)(=O)OCc1cn(-c2ccc([N+](=O)[O-])cc2)nn1. The number of rotatable bonds is 5. The van der Waals surface area contributed by atoms with Gasteiger partial charge >= 0.3 is 0 Å². The van der Waals surface area contributed by atoms with Gasteiger partial charge in [0.2, 0.25) is 0 Å². The monoisotopic (exact) mass is 298 g/mol. The summed E-state index contributed by atoms with van der Waals surface area (Å²) in [5.41, 5.74) is 0.858. The van der Waals surface area contributed by atoms with Crippen molar-refractivity contribution >= 4 is 15.8 Å². The highest BCUT2D eigenvalue weighted by molar-refractivity contribution is 7.85. The summed E-state index contributed by atoms with van der Waals surface area (Å²) in [6.07, 6.45) is 2.42. The molecule has 0 spiro atoms. The van der Waals surface area contributed by atoms with Crippen molar-refractivity contribution in [3.63, 3.8) is 0 Å². The van der Waals surface area contributed by atoms with E-state index >= 15 is 0 Å². The predicted octanol–water partition coefficient (Wildman–Crippen LogP) is 0.652. The van der Waals surface area contributed by atoms with Crippen LogP contribution in [0.4, 0.5) is 5.69 Å². The fourth-order valence-corrected chi connectivity index (χ4v) is 1.72. The lowest BCUT2D eigenvalue weighted by atomic mass is 10.3. The van der Waals surface area contributed by atoms with Crippen molar-refractivity contribution in [3.8, 4) is 5.69 Å². The largest absolute Gasteiger partial charge is 0.269 e. The third-order valence-electron chi connectivity index (χ3n) is 2.29. The third-order valence-corrected chi connectivity index (χ3v) is 2.83. The van der Waals surface area contributed by atoms with E-state index in [9.17, 15) is 18.5 Å². The van der Waals surface area contributed by atoms with Gasteiger partial charge in [0.1, 0.15) is 12.3 Å². The molecule has 2 aromatic rings. The topological polar surface area (TPSA) is 117 Å². The van der Waals surface area contributed by atoms with E-state index in [0.29, 0.717) is 11.4 Å². The lowest BCUT2D eigenvalue weighted by molar-refractivity contribution is -0.384. The van der Waals surface area contributed by atoms with Crippen LogP contribution in [0.25, 0.3) is 5.69 Å². The molecule has 0 aliphatic heterocycles. The molecule has 0 unspecified atom stereocenters. The number of hydrogen-bond acceptors (Lipinski definition) is 7. The fraction of sp³-hybridized carbons (Fsp3) is 0.200. The maximum atomic E-state index is 10.8. The maximum Gasteiger partial charge on any atom is 0.269 e. The van der Waals surface area contributed by atoms with Crippen LogP contribution in [-0.4, -0.2) is 34.6 Å². The van der Waals surface area contributed by atoms with E-state index < -0.39 is 15.0 Å². The van der Waals surface area contributed by atoms with Crippen LogP contribution in [0.2, 0.25) is 0 Å². The molecule has 0 aliphatic rings. The van der Waals surface area contributed by atoms with E-state index in [2.05, 4.69) is 14.5 Å². The molecule has 0 bridgehead atoms. The van der Waals surface area contributed by atoms with Crippen LogP contribution >= 0.6 is 0 Å². The van der Waals surface area contributed by atoms with Crippen molar-refractivity contribution < 1.29 is 17.5 Å². The van der Waals surface area contributed by atoms with Gasteiger partial charge in [0.25, 0.3) is 15.8 Å². The molecule has 10 heteroatoms. The maximum absolute atomic E-state index is 10.8. The van der Waals surface area contributed by atoms with E-state index in [4.69, 9.17) is 0 Å². The average Bonchev–Trinajstić information content (AvgIpc) is 2.84. The molecule has 0 saturated heterocycles. The first kappa shape index (κ1) is 14.1. The van der Waals surface area contributed by atoms with Crippen molar-refractivity contribution in [3.05, 3.63) is 46.3 Å². The van der Waals surface area contributed by atoms with Crippen LogP contribution in [0, 0.1) is 10.1 Å². The molecule has 1 aromatic heterocycles. The summed E-state index contributed by atoms with van der Waals surface area (Å²) in [6, 6.07) is 5.69. The molecule has 106 valence electrons. The zero-order chi connectivity index (χ0) is 14.8. The van der Waals surface area contributed by atoms with Gasteiger partial charge in [-0.3, -0.25) is 14.3 Å². The molecule has 1 heterocycles. The normalized spacial score (nSPS) is 11.4. The Morgan fingerprint density at radius 3 is 2.55 bits per heavy atom. The van der Waals surface area contributed by atoms with Gasteiger partial charge in [0.15, 0.2) is 0 Å². The molecule has 20 heavy (non-hydrogen) atoms. The van der Waals surface area contributed by atoms with Crippen LogP contribution in [-0.2, 0) is 20.9 Å². The van der Waals surface area contributed by atoms with E-state index in [0.717, 1.165) is 6.26 Å². The molecular formula is C10H10N4O5S. The molecule has 0 N–H and O–H groups in total. The van der Waals surface area contributed by atoms with Gasteiger partial charge in [0.05, 0.1) is 23.1 Å². The number of nitro benzene ring substituents is 1. The highest BCUT2D eigenvalue weighted by Gasteiger charge is 2.09. The van der Waals surface area contributed by atoms with Crippen molar-refractivity contribution in [2.45, 2.75) is 6.61 Å². The first-order chi connectivity index (χ1) is 9.35. The highest BCUT2D eigenvalue weighted by atomic mass is 32.2. The number of nitro groups is 1. The zero-order valence-electron chi connectivity index (χ0n) is 10.3. The second-order valence-electron chi connectivity index (χ2n) is 3.89. The molecule has 2 rings (SSSR count). The Labute approximate surface area is 114 Å². The number of benzene rings is 1. The summed E-state index contributed by atoms with van der Waals surface area (Å²) >= 11 is 0. The minimum absolute atomic E-state index is 0.0329. The summed E-state index contributed by atoms with van der Waals surface area (Å²) in [5.74, 6) is 0. The second kappa shape index (κ2) is 5.35. The first-order valence-electron chi connectivity index (χ1n) is 5.35. The Kier molecular flexibility index (Phi) is 3.77. The summed E-state index contributed by atoms with van der Waals surface area (Å²) < 4.78 is 27.6. The van der Waals surface area contributed by atoms with E-state index in [1.165, 1.54) is 35.1 Å². The molecule has 0 fully saturated rings. The van der Waals surface area contributed by atoms with Crippen molar-refractivity contribution in [2.24, 2.45) is 0 Å². The molecule has 9 nitrogen and oxygen atoms in total. The Hall–Kier alpha value is -2.33. The van der Waals surface area contributed by atoms with Crippen LogP contribution in [0.5, 0.6) is 0 Å². The van der Waals surface area contributed by atoms with Gasteiger partial charge < -0.3 is 0 Å². The summed E-state index contributed by atoms with van der Waals surface area (Å²) in [7, 11) is -3.54. The number of nitrogens with zero attached hydrogens (tertiary/aromatic N) is 4. The minimum Gasteiger partial charge on any atom is -0.264 e. The van der Waals surface area contributed by atoms with Gasteiger partial charge in [-0.1, -0.05) is 5.21 Å². The number of non-ortho nitro benzene ring substituents is 1. The van der Waals surface area contributed by atoms with E-state index in [1.54, 1.807) is 0 Å². The number of hydrogen-bond donors (Lipinski definition) is 0. The third kappa shape index (κ3) is 3.59. The Bertz CT molecular complexity index is 722. The summed E-state index contributed by atoms with van der Waals surface area (Å²) in [6.45, 7) is -0.216. The van der Waals surface area contributed by atoms with Crippen LogP contribution in [0.3, 0.4) is 0 Å². The predicted molar refractivity (Wildman–Crippen MR) is 67.6 cm³/mol. The molecule has 1 aromatic carbocycles. The molecular weight excluding hydrogens is 288 g/mol. The van der Waals surface area contributed by atoms with Gasteiger partial charge in [-0.25, -0.2) is 4.68 Å². The zero-order valence-corrected chi connectivity index (χ0v) is 11.1. The molecule has 0 amide bonds. The molecule has 0 aliphatic carbocycles. The van der Waals surface area contributed by atoms with Crippen LogP contribution in [0.1, 0.15) is 5.69 Å². The average molecular weight is 298 g/mol. The lowest BCUT2D eigenvalue weighted by Gasteiger charge is -1.99. The Balaban J connectivity index is 2.14. The Morgan fingerprint density at radius 2 is 2.00 bits per heavy atom. The first-order valence-corrected chi connectivity index (χ1v) is 7.17. The second-order valence-corrected chi connectivity index (χ2v) is 5.54. The Morgan fingerprint density at radius 1 is 1.35 bits per heavy atom. The van der Waals surface area contributed by atoms with Crippen molar-refractivity contribution in [2.75, 3.05) is 6.26 Å². The number of aromatic nitrogens is 3. The molecule has 0 atom stereocenters. The van der Waals surface area contributed by atoms with Crippen LogP contribution < -0.4 is 0 Å². The molecule has 0 radical (unpaired) electrons. The smallest absolute Gasteiger partial charge is 0.264 e. The minimum atomic E-state index is -3.54. The van der Waals surface area contributed by atoms with Gasteiger partial charge in [-0.15, -0.1) is 5.10 Å². The fourth-order valence-electron chi connectivity index (χ4n) is 1.39. The van der Waals surface area contributed by atoms with E-state index in [1.807, 2.05) is 0 Å². The standard InChI is InChI=1S/C10H10N4O5S/c1-20(17,18)19-7-8-6-13(12-11-8)9-2-4-10(5-3-9)14(15)16/h2-6H,7H2,1H3. The quantitative estimate of drug-likeness (QED) is 0.452. The van der Waals surface area contributed by atoms with Gasteiger partial charge in [0, 0.05) is 12.1 Å². The molecule has 0 saturated carbocycles. The highest BCUT2D eigenvalue weighted by Crippen LogP contribution is 2.14. The van der Waals surface area contributed by atoms with Gasteiger partial charge in [-0.05, 0) is 12.1 Å². The summed E-state index contributed by atoms with van der Waals surface area (Å²) in [4.78, 5) is 10.0. The van der Waals surface area contributed by atoms with E-state index in [-0.39, 0.29) is 12.3 Å². The van der Waals surface area contributed by atoms with Crippen molar-refractivity contribution in [1.29, 1.82) is 0 Å². The summed E-state index contributed by atoms with van der Waals surface area (Å²) in [5, 5.41) is 18.1. The van der Waals surface area contributed by atoms with Crippen LogP contribution in [0.15, 0.2) is 30.5 Å².